The van der Waals surface area contributed by atoms with E-state index < -0.39 is 0 Å². The van der Waals surface area contributed by atoms with Gasteiger partial charge in [0.05, 0.1) is 5.54 Å². The topological polar surface area (TPSA) is 20.3 Å². The normalized spacial score (nSPS) is 19.1. The van der Waals surface area contributed by atoms with E-state index in [0.717, 1.165) is 4.47 Å². The first-order valence-corrected chi connectivity index (χ1v) is 8.53. The van der Waals surface area contributed by atoms with Crippen molar-refractivity contribution in [1.29, 1.82) is 0 Å². The summed E-state index contributed by atoms with van der Waals surface area (Å²) in [7, 11) is 0. The fraction of sp³-hybridized carbons (Fsp3) is 0.250. The number of hydrogen-bond acceptors (Lipinski definition) is 1. The van der Waals surface area contributed by atoms with Gasteiger partial charge in [0.25, 0.3) is 0 Å². The van der Waals surface area contributed by atoms with E-state index >= 15 is 0 Å². The van der Waals surface area contributed by atoms with Crippen molar-refractivity contribution in [3.05, 3.63) is 82.3 Å². The zero-order valence-electron chi connectivity index (χ0n) is 13.4. The molecule has 1 heterocycles. The summed E-state index contributed by atoms with van der Waals surface area (Å²) >= 11 is 3.59. The summed E-state index contributed by atoms with van der Waals surface area (Å²) in [5.41, 5.74) is 3.34. The molecule has 0 fully saturated rings. The summed E-state index contributed by atoms with van der Waals surface area (Å²) in [6.07, 6.45) is 1.41. The quantitative estimate of drug-likeness (QED) is 0.693. The summed E-state index contributed by atoms with van der Waals surface area (Å²) in [5.74, 6) is 0.144. The first kappa shape index (κ1) is 16.0. The lowest BCUT2D eigenvalue weighted by Crippen LogP contribution is -2.50. The molecular formula is C20H20BrNO. The molecule has 0 saturated carbocycles. The molecule has 0 spiro atoms. The van der Waals surface area contributed by atoms with Gasteiger partial charge in [0.2, 0.25) is 5.91 Å². The van der Waals surface area contributed by atoms with Crippen LogP contribution in [-0.2, 0) is 10.3 Å². The molecule has 0 aliphatic carbocycles. The monoisotopic (exact) mass is 369 g/mol. The number of fused-ring (bicyclic) bond motifs is 1. The highest BCUT2D eigenvalue weighted by atomic mass is 79.9. The molecule has 0 unspecified atom stereocenters. The largest absolute Gasteiger partial charge is 0.329 e. The van der Waals surface area contributed by atoms with Gasteiger partial charge in [0, 0.05) is 16.9 Å². The lowest BCUT2D eigenvalue weighted by atomic mass is 9.76. The first-order chi connectivity index (χ1) is 10.9. The maximum atomic E-state index is 12.4. The molecule has 3 rings (SSSR count). The lowest BCUT2D eigenvalue weighted by molar-refractivity contribution is -0.132. The molecule has 1 aliphatic heterocycles. The van der Waals surface area contributed by atoms with Gasteiger partial charge in [-0.3, -0.25) is 4.79 Å². The molecule has 0 bridgehead atoms. The van der Waals surface area contributed by atoms with Gasteiger partial charge in [-0.25, -0.2) is 0 Å². The molecule has 2 aromatic rings. The molecule has 0 radical (unpaired) electrons. The van der Waals surface area contributed by atoms with E-state index in [9.17, 15) is 4.79 Å². The number of hydrogen-bond donors (Lipinski definition) is 0. The van der Waals surface area contributed by atoms with Crippen molar-refractivity contribution in [3.8, 4) is 0 Å². The average molecular weight is 370 g/mol. The Morgan fingerprint density at radius 1 is 1.26 bits per heavy atom. The Hall–Kier alpha value is -1.87. The van der Waals surface area contributed by atoms with E-state index in [4.69, 9.17) is 0 Å². The fourth-order valence-electron chi connectivity index (χ4n) is 3.48. The van der Waals surface area contributed by atoms with E-state index in [-0.39, 0.29) is 17.4 Å². The van der Waals surface area contributed by atoms with Crippen molar-refractivity contribution in [2.45, 2.75) is 25.3 Å². The summed E-state index contributed by atoms with van der Waals surface area (Å²) in [6.45, 7) is 8.53. The summed E-state index contributed by atoms with van der Waals surface area (Å²) in [5, 5.41) is 0. The van der Waals surface area contributed by atoms with E-state index in [1.54, 1.807) is 0 Å². The minimum absolute atomic E-state index is 0.0236. The van der Waals surface area contributed by atoms with Gasteiger partial charge in [0.15, 0.2) is 0 Å². The highest BCUT2D eigenvalue weighted by Crippen LogP contribution is 2.43. The molecule has 1 atom stereocenters. The Balaban J connectivity index is 2.20. The first-order valence-electron chi connectivity index (χ1n) is 7.74. The molecule has 1 amide bonds. The Labute approximate surface area is 146 Å². The smallest absolute Gasteiger partial charge is 0.246 e. The Kier molecular flexibility index (Phi) is 4.15. The Bertz CT molecular complexity index is 751. The lowest BCUT2D eigenvalue weighted by Gasteiger charge is -2.47. The third kappa shape index (κ3) is 2.74. The summed E-state index contributed by atoms with van der Waals surface area (Å²) < 4.78 is 1.07. The maximum absolute atomic E-state index is 12.4. The molecule has 0 aromatic heterocycles. The average Bonchev–Trinajstić information content (AvgIpc) is 2.54. The molecule has 0 N–H and O–H groups in total. The predicted molar refractivity (Wildman–Crippen MR) is 97.4 cm³/mol. The molecular weight excluding hydrogens is 350 g/mol. The molecule has 118 valence electrons. The maximum Gasteiger partial charge on any atom is 0.246 e. The third-order valence-corrected chi connectivity index (χ3v) is 5.22. The van der Waals surface area contributed by atoms with Crippen LogP contribution >= 0.6 is 15.9 Å². The van der Waals surface area contributed by atoms with Gasteiger partial charge < -0.3 is 4.90 Å². The van der Waals surface area contributed by atoms with Crippen LogP contribution in [0.2, 0.25) is 0 Å². The second-order valence-corrected chi connectivity index (χ2v) is 7.32. The molecule has 2 nitrogen and oxygen atoms in total. The second kappa shape index (κ2) is 5.97. The fourth-order valence-corrected chi connectivity index (χ4v) is 3.86. The number of amides is 1. The Morgan fingerprint density at radius 2 is 1.96 bits per heavy atom. The van der Waals surface area contributed by atoms with Crippen LogP contribution in [0.15, 0.2) is 65.7 Å². The van der Waals surface area contributed by atoms with Crippen molar-refractivity contribution in [2.24, 2.45) is 0 Å². The van der Waals surface area contributed by atoms with Crippen molar-refractivity contribution >= 4 is 21.8 Å². The molecule has 0 saturated heterocycles. The third-order valence-electron chi connectivity index (χ3n) is 4.73. The standard InChI is InChI=1S/C20H20BrNO/c1-4-19(23)22-13-17(14-8-6-5-7-9-14)16-12-15(21)10-11-18(16)20(22,2)3/h4-12,17H,1,13H2,2-3H3/t17-/m1/s1. The minimum Gasteiger partial charge on any atom is -0.329 e. The van der Waals surface area contributed by atoms with Crippen LogP contribution in [0.5, 0.6) is 0 Å². The summed E-state index contributed by atoms with van der Waals surface area (Å²) in [4.78, 5) is 14.4. The van der Waals surface area contributed by atoms with Crippen LogP contribution in [0.1, 0.15) is 36.5 Å². The summed E-state index contributed by atoms with van der Waals surface area (Å²) in [6, 6.07) is 16.7. The number of carbonyl (C=O) groups excluding carboxylic acids is 1. The van der Waals surface area contributed by atoms with Gasteiger partial charge in [-0.2, -0.15) is 0 Å². The van der Waals surface area contributed by atoms with Crippen molar-refractivity contribution < 1.29 is 4.79 Å². The van der Waals surface area contributed by atoms with Gasteiger partial charge >= 0.3 is 0 Å². The minimum atomic E-state index is -0.355. The van der Waals surface area contributed by atoms with E-state index in [1.807, 2.05) is 29.2 Å². The number of benzene rings is 2. The van der Waals surface area contributed by atoms with E-state index in [0.29, 0.717) is 6.54 Å². The zero-order chi connectivity index (χ0) is 16.6. The second-order valence-electron chi connectivity index (χ2n) is 6.41. The molecule has 3 heteroatoms. The molecule has 1 aliphatic rings. The SMILES string of the molecule is C=CC(=O)N1C[C@H](c2ccccc2)c2cc(Br)ccc2C1(C)C. The van der Waals surface area contributed by atoms with Gasteiger partial charge in [0.1, 0.15) is 0 Å². The van der Waals surface area contributed by atoms with Gasteiger partial charge in [-0.05, 0) is 48.7 Å². The number of carbonyl (C=O) groups is 1. The van der Waals surface area contributed by atoms with Gasteiger partial charge in [-0.1, -0.05) is 58.9 Å². The zero-order valence-corrected chi connectivity index (χ0v) is 15.0. The van der Waals surface area contributed by atoms with Crippen molar-refractivity contribution in [1.82, 2.24) is 4.90 Å². The molecule has 23 heavy (non-hydrogen) atoms. The van der Waals surface area contributed by atoms with E-state index in [1.165, 1.54) is 22.8 Å². The van der Waals surface area contributed by atoms with Crippen molar-refractivity contribution in [3.63, 3.8) is 0 Å². The van der Waals surface area contributed by atoms with E-state index in [2.05, 4.69) is 60.6 Å². The van der Waals surface area contributed by atoms with Crippen LogP contribution in [0, 0.1) is 0 Å². The van der Waals surface area contributed by atoms with Crippen molar-refractivity contribution in [2.75, 3.05) is 6.54 Å². The van der Waals surface area contributed by atoms with Crippen LogP contribution in [0.3, 0.4) is 0 Å². The number of rotatable bonds is 2. The van der Waals surface area contributed by atoms with Crippen LogP contribution in [0.4, 0.5) is 0 Å². The van der Waals surface area contributed by atoms with Crippen LogP contribution in [0.25, 0.3) is 0 Å². The van der Waals surface area contributed by atoms with Gasteiger partial charge in [-0.15, -0.1) is 0 Å². The van der Waals surface area contributed by atoms with Crippen LogP contribution < -0.4 is 0 Å². The van der Waals surface area contributed by atoms with Crippen LogP contribution in [-0.4, -0.2) is 17.4 Å². The Morgan fingerprint density at radius 3 is 2.61 bits per heavy atom. The predicted octanol–water partition coefficient (Wildman–Crippen LogP) is 4.84. The number of halogens is 1. The highest BCUT2D eigenvalue weighted by Gasteiger charge is 2.40. The number of nitrogens with zero attached hydrogens (tertiary/aromatic N) is 1. The molecule has 2 aromatic carbocycles. The highest BCUT2D eigenvalue weighted by molar-refractivity contribution is 9.10.